The quantitative estimate of drug-likeness (QED) is 0.798. The minimum atomic E-state index is -0.867. The molecular weight excluding hydrogens is 220 g/mol. The number of carbonyl (C=O) groups excluding carboxylic acids is 1. The van der Waals surface area contributed by atoms with Crippen LogP contribution in [-0.4, -0.2) is 39.8 Å². The number of β-amino-alcohol motifs (C(OH)–C–C–N with tert-alkyl or cyclic N) is 1. The molecule has 0 spiro atoms. The van der Waals surface area contributed by atoms with Gasteiger partial charge in [-0.3, -0.25) is 4.79 Å². The van der Waals surface area contributed by atoms with Crippen LogP contribution in [0.4, 0.5) is 0 Å². The lowest BCUT2D eigenvalue weighted by molar-refractivity contribution is -0.0108. The first kappa shape index (κ1) is 12.1. The van der Waals surface area contributed by atoms with Crippen molar-refractivity contribution in [2.75, 3.05) is 13.1 Å². The smallest absolute Gasteiger partial charge is 0.259 e. The molecule has 5 heteroatoms. The van der Waals surface area contributed by atoms with Crippen LogP contribution in [0.15, 0.2) is 10.7 Å². The summed E-state index contributed by atoms with van der Waals surface area (Å²) in [5, 5.41) is 13.9. The standard InChI is InChI=1S/C12H18N2O3/c1-8-9(5-13-17-8)10(15)14-6-11(2,3)12(4,16)7-14/h5,16H,6-7H2,1-4H3. The first-order valence-corrected chi connectivity index (χ1v) is 5.67. The lowest BCUT2D eigenvalue weighted by Gasteiger charge is -2.30. The number of aryl methyl sites for hydroxylation is 1. The second-order valence-corrected chi connectivity index (χ2v) is 5.61. The van der Waals surface area contributed by atoms with Gasteiger partial charge in [0.15, 0.2) is 0 Å². The van der Waals surface area contributed by atoms with Gasteiger partial charge >= 0.3 is 0 Å². The van der Waals surface area contributed by atoms with E-state index < -0.39 is 5.60 Å². The zero-order valence-corrected chi connectivity index (χ0v) is 10.6. The fourth-order valence-electron chi connectivity index (χ4n) is 2.11. The number of rotatable bonds is 1. The first-order valence-electron chi connectivity index (χ1n) is 5.67. The van der Waals surface area contributed by atoms with E-state index in [1.807, 2.05) is 13.8 Å². The highest BCUT2D eigenvalue weighted by atomic mass is 16.5. The fourth-order valence-corrected chi connectivity index (χ4v) is 2.11. The highest BCUT2D eigenvalue weighted by Gasteiger charge is 2.49. The summed E-state index contributed by atoms with van der Waals surface area (Å²) < 4.78 is 4.89. The topological polar surface area (TPSA) is 66.6 Å². The van der Waals surface area contributed by atoms with Crippen LogP contribution in [0, 0.1) is 12.3 Å². The predicted molar refractivity (Wildman–Crippen MR) is 61.5 cm³/mol. The number of nitrogens with zero attached hydrogens (tertiary/aromatic N) is 2. The summed E-state index contributed by atoms with van der Waals surface area (Å²) in [6, 6.07) is 0. The molecule has 0 radical (unpaired) electrons. The molecule has 94 valence electrons. The number of hydrogen-bond acceptors (Lipinski definition) is 4. The highest BCUT2D eigenvalue weighted by Crippen LogP contribution is 2.38. The van der Waals surface area contributed by atoms with Gasteiger partial charge in [-0.1, -0.05) is 19.0 Å². The molecule has 0 saturated carbocycles. The number of hydrogen-bond donors (Lipinski definition) is 1. The third kappa shape index (κ3) is 1.84. The van der Waals surface area contributed by atoms with Gasteiger partial charge in [-0.05, 0) is 13.8 Å². The summed E-state index contributed by atoms with van der Waals surface area (Å²) in [6.45, 7) is 8.26. The lowest BCUT2D eigenvalue weighted by Crippen LogP contribution is -2.40. The Kier molecular flexibility index (Phi) is 2.54. The van der Waals surface area contributed by atoms with Crippen molar-refractivity contribution < 1.29 is 14.4 Å². The molecule has 0 aromatic carbocycles. The molecule has 0 bridgehead atoms. The summed E-state index contributed by atoms with van der Waals surface area (Å²) in [7, 11) is 0. The van der Waals surface area contributed by atoms with Crippen molar-refractivity contribution in [2.45, 2.75) is 33.3 Å². The van der Waals surface area contributed by atoms with Crippen LogP contribution in [0.25, 0.3) is 0 Å². The van der Waals surface area contributed by atoms with Crippen LogP contribution < -0.4 is 0 Å². The van der Waals surface area contributed by atoms with Crippen LogP contribution in [0.5, 0.6) is 0 Å². The summed E-state index contributed by atoms with van der Waals surface area (Å²) in [6.07, 6.45) is 1.43. The Hall–Kier alpha value is -1.36. The zero-order chi connectivity index (χ0) is 12.8. The first-order chi connectivity index (χ1) is 7.74. The molecule has 1 aromatic heterocycles. The highest BCUT2D eigenvalue weighted by molar-refractivity contribution is 5.95. The van der Waals surface area contributed by atoms with Crippen molar-refractivity contribution in [3.63, 3.8) is 0 Å². The summed E-state index contributed by atoms with van der Waals surface area (Å²) in [5.41, 5.74) is -0.708. The second kappa shape index (κ2) is 3.57. The van der Waals surface area contributed by atoms with Crippen LogP contribution in [0.2, 0.25) is 0 Å². The maximum Gasteiger partial charge on any atom is 0.259 e. The molecule has 2 heterocycles. The maximum atomic E-state index is 12.2. The van der Waals surface area contributed by atoms with Gasteiger partial charge < -0.3 is 14.5 Å². The summed E-state index contributed by atoms with van der Waals surface area (Å²) >= 11 is 0. The van der Waals surface area contributed by atoms with E-state index in [1.54, 1.807) is 18.7 Å². The van der Waals surface area contributed by atoms with Crippen molar-refractivity contribution in [3.8, 4) is 0 Å². The largest absolute Gasteiger partial charge is 0.388 e. The van der Waals surface area contributed by atoms with Crippen LogP contribution in [0.3, 0.4) is 0 Å². The Balaban J connectivity index is 2.23. The Bertz CT molecular complexity index is 432. The Morgan fingerprint density at radius 2 is 2.12 bits per heavy atom. The van der Waals surface area contributed by atoms with Gasteiger partial charge in [-0.2, -0.15) is 0 Å². The van der Waals surface area contributed by atoms with Gasteiger partial charge in [0.1, 0.15) is 11.3 Å². The molecule has 1 saturated heterocycles. The summed E-state index contributed by atoms with van der Waals surface area (Å²) in [5.74, 6) is 0.383. The monoisotopic (exact) mass is 238 g/mol. The number of amides is 1. The van der Waals surface area contributed by atoms with E-state index in [0.717, 1.165) is 0 Å². The predicted octanol–water partition coefficient (Wildman–Crippen LogP) is 1.22. The third-order valence-corrected chi connectivity index (χ3v) is 3.81. The molecule has 0 aliphatic carbocycles. The van der Waals surface area contributed by atoms with Crippen LogP contribution >= 0.6 is 0 Å². The Morgan fingerprint density at radius 3 is 2.53 bits per heavy atom. The van der Waals surface area contributed by atoms with E-state index in [9.17, 15) is 9.90 Å². The molecule has 5 nitrogen and oxygen atoms in total. The lowest BCUT2D eigenvalue weighted by atomic mass is 9.79. The number of aliphatic hydroxyl groups is 1. The van der Waals surface area contributed by atoms with Gasteiger partial charge in [0, 0.05) is 12.0 Å². The van der Waals surface area contributed by atoms with E-state index in [0.29, 0.717) is 24.4 Å². The molecule has 2 rings (SSSR count). The summed E-state index contributed by atoms with van der Waals surface area (Å²) in [4.78, 5) is 13.9. The van der Waals surface area contributed by atoms with E-state index in [4.69, 9.17) is 4.52 Å². The van der Waals surface area contributed by atoms with E-state index in [2.05, 4.69) is 5.16 Å². The van der Waals surface area contributed by atoms with Gasteiger partial charge in [0.05, 0.1) is 18.3 Å². The van der Waals surface area contributed by atoms with Crippen molar-refractivity contribution in [1.82, 2.24) is 10.1 Å². The van der Waals surface area contributed by atoms with E-state index in [-0.39, 0.29) is 11.3 Å². The minimum absolute atomic E-state index is 0.130. The molecule has 1 aliphatic heterocycles. The third-order valence-electron chi connectivity index (χ3n) is 3.81. The van der Waals surface area contributed by atoms with Gasteiger partial charge in [-0.25, -0.2) is 0 Å². The van der Waals surface area contributed by atoms with Gasteiger partial charge in [-0.15, -0.1) is 0 Å². The fraction of sp³-hybridized carbons (Fsp3) is 0.667. The normalized spacial score (nSPS) is 27.5. The van der Waals surface area contributed by atoms with Crippen LogP contribution in [-0.2, 0) is 0 Å². The van der Waals surface area contributed by atoms with Gasteiger partial charge in [0.25, 0.3) is 5.91 Å². The average molecular weight is 238 g/mol. The van der Waals surface area contributed by atoms with E-state index in [1.165, 1.54) is 6.20 Å². The molecule has 1 atom stereocenters. The Labute approximate surface area is 100 Å². The Morgan fingerprint density at radius 1 is 1.47 bits per heavy atom. The minimum Gasteiger partial charge on any atom is -0.388 e. The van der Waals surface area contributed by atoms with Crippen LogP contribution in [0.1, 0.15) is 36.9 Å². The van der Waals surface area contributed by atoms with Crippen molar-refractivity contribution in [1.29, 1.82) is 0 Å². The molecule has 1 unspecified atom stereocenters. The number of carbonyl (C=O) groups is 1. The number of aromatic nitrogens is 1. The molecule has 1 aliphatic rings. The van der Waals surface area contributed by atoms with Gasteiger partial charge in [0.2, 0.25) is 0 Å². The zero-order valence-electron chi connectivity index (χ0n) is 10.6. The molecule has 17 heavy (non-hydrogen) atoms. The molecule has 1 amide bonds. The SMILES string of the molecule is Cc1oncc1C(=O)N1CC(C)(C)C(C)(O)C1. The van der Waals surface area contributed by atoms with E-state index >= 15 is 0 Å². The maximum absolute atomic E-state index is 12.2. The molecule has 1 fully saturated rings. The molecule has 1 aromatic rings. The molecular formula is C12H18N2O3. The van der Waals surface area contributed by atoms with Crippen molar-refractivity contribution in [2.24, 2.45) is 5.41 Å². The second-order valence-electron chi connectivity index (χ2n) is 5.61. The average Bonchev–Trinajstić information content (AvgIpc) is 2.68. The molecule has 1 N–H and O–H groups in total. The number of likely N-dealkylation sites (tertiary alicyclic amines) is 1. The van der Waals surface area contributed by atoms with Crippen molar-refractivity contribution >= 4 is 5.91 Å². The van der Waals surface area contributed by atoms with Crippen molar-refractivity contribution in [3.05, 3.63) is 17.5 Å².